The van der Waals surface area contributed by atoms with Gasteiger partial charge in [-0.05, 0) is 35.0 Å². The molecule has 6 heteroatoms. The second-order valence-corrected chi connectivity index (χ2v) is 3.90. The number of aromatic nitrogens is 2. The maximum absolute atomic E-state index is 11.6. The van der Waals surface area contributed by atoms with Crippen molar-refractivity contribution in [3.8, 4) is 0 Å². The molecular formula is C10H8BrN3O2. The zero-order valence-corrected chi connectivity index (χ0v) is 9.98. The van der Waals surface area contributed by atoms with Crippen LogP contribution in [0.25, 0.3) is 0 Å². The molecule has 0 aliphatic heterocycles. The number of halogens is 1. The van der Waals surface area contributed by atoms with Crippen molar-refractivity contribution < 1.29 is 9.21 Å². The lowest BCUT2D eigenvalue weighted by Gasteiger charge is -2.00. The summed E-state index contributed by atoms with van der Waals surface area (Å²) in [6, 6.07) is 3.33. The fourth-order valence-electron chi connectivity index (χ4n) is 1.11. The summed E-state index contributed by atoms with van der Waals surface area (Å²) >= 11 is 3.16. The quantitative estimate of drug-likeness (QED) is 0.918. The standard InChI is InChI=1S/C10H8BrN3O2/c1-6-2-3-7(16-6)10(15)14-9-5-12-8(11)4-13-9/h2-5H,1H3,(H,13,14,15). The van der Waals surface area contributed by atoms with Crippen molar-refractivity contribution in [1.29, 1.82) is 0 Å². The fourth-order valence-corrected chi connectivity index (χ4v) is 1.32. The van der Waals surface area contributed by atoms with Crippen LogP contribution in [0.1, 0.15) is 16.3 Å². The largest absolute Gasteiger partial charge is 0.456 e. The molecule has 0 aliphatic rings. The highest BCUT2D eigenvalue weighted by Gasteiger charge is 2.10. The average Bonchev–Trinajstić information content (AvgIpc) is 2.68. The zero-order chi connectivity index (χ0) is 11.5. The molecule has 0 unspecified atom stereocenters. The molecule has 2 aromatic rings. The van der Waals surface area contributed by atoms with Gasteiger partial charge in [-0.1, -0.05) is 0 Å². The Bertz CT molecular complexity index is 507. The Morgan fingerprint density at radius 1 is 1.38 bits per heavy atom. The van der Waals surface area contributed by atoms with Crippen LogP contribution in [0, 0.1) is 6.92 Å². The number of nitrogens with zero attached hydrogens (tertiary/aromatic N) is 2. The van der Waals surface area contributed by atoms with Gasteiger partial charge in [-0.15, -0.1) is 0 Å². The molecule has 0 atom stereocenters. The predicted octanol–water partition coefficient (Wildman–Crippen LogP) is 2.39. The van der Waals surface area contributed by atoms with Crippen LogP contribution in [0.2, 0.25) is 0 Å². The summed E-state index contributed by atoms with van der Waals surface area (Å²) in [7, 11) is 0. The van der Waals surface area contributed by atoms with Gasteiger partial charge >= 0.3 is 0 Å². The molecule has 0 saturated carbocycles. The van der Waals surface area contributed by atoms with Crippen molar-refractivity contribution in [3.05, 3.63) is 40.7 Å². The summed E-state index contributed by atoms with van der Waals surface area (Å²) in [5.41, 5.74) is 0. The second kappa shape index (κ2) is 4.44. The Morgan fingerprint density at radius 3 is 2.75 bits per heavy atom. The fraction of sp³-hybridized carbons (Fsp3) is 0.100. The Kier molecular flexibility index (Phi) is 3.00. The molecule has 0 saturated heterocycles. The highest BCUT2D eigenvalue weighted by Crippen LogP contribution is 2.10. The minimum absolute atomic E-state index is 0.252. The number of furan rings is 1. The molecule has 1 N–H and O–H groups in total. The van der Waals surface area contributed by atoms with E-state index < -0.39 is 0 Å². The van der Waals surface area contributed by atoms with Gasteiger partial charge in [0.25, 0.3) is 5.91 Å². The summed E-state index contributed by atoms with van der Waals surface area (Å²) < 4.78 is 5.78. The van der Waals surface area contributed by atoms with Crippen LogP contribution in [-0.4, -0.2) is 15.9 Å². The number of hydrogen-bond acceptors (Lipinski definition) is 4. The third-order valence-electron chi connectivity index (χ3n) is 1.83. The van der Waals surface area contributed by atoms with Gasteiger partial charge in [0.2, 0.25) is 0 Å². The van der Waals surface area contributed by atoms with Crippen molar-refractivity contribution in [2.75, 3.05) is 5.32 Å². The molecule has 16 heavy (non-hydrogen) atoms. The van der Waals surface area contributed by atoms with E-state index in [-0.39, 0.29) is 11.7 Å². The van der Waals surface area contributed by atoms with Gasteiger partial charge in [0.1, 0.15) is 10.4 Å². The van der Waals surface area contributed by atoms with E-state index in [1.165, 1.54) is 12.4 Å². The van der Waals surface area contributed by atoms with E-state index in [1.54, 1.807) is 19.1 Å². The Labute approximate surface area is 100 Å². The molecular weight excluding hydrogens is 274 g/mol. The number of aryl methyl sites for hydroxylation is 1. The van der Waals surface area contributed by atoms with Gasteiger partial charge in [-0.2, -0.15) is 0 Å². The van der Waals surface area contributed by atoms with Crippen molar-refractivity contribution >= 4 is 27.7 Å². The summed E-state index contributed by atoms with van der Waals surface area (Å²) in [6.45, 7) is 1.77. The number of carbonyl (C=O) groups is 1. The molecule has 5 nitrogen and oxygen atoms in total. The molecule has 2 aromatic heterocycles. The number of amides is 1. The predicted molar refractivity (Wildman–Crippen MR) is 61.1 cm³/mol. The van der Waals surface area contributed by atoms with Crippen molar-refractivity contribution in [3.63, 3.8) is 0 Å². The highest BCUT2D eigenvalue weighted by molar-refractivity contribution is 9.10. The van der Waals surface area contributed by atoms with Crippen LogP contribution in [-0.2, 0) is 0 Å². The van der Waals surface area contributed by atoms with Gasteiger partial charge in [-0.25, -0.2) is 9.97 Å². The number of rotatable bonds is 2. The third-order valence-corrected chi connectivity index (χ3v) is 2.24. The lowest BCUT2D eigenvalue weighted by molar-refractivity contribution is 0.0995. The molecule has 2 heterocycles. The minimum atomic E-state index is -0.343. The summed E-state index contributed by atoms with van der Waals surface area (Å²) in [5, 5.41) is 2.57. The van der Waals surface area contributed by atoms with Crippen molar-refractivity contribution in [2.24, 2.45) is 0 Å². The maximum Gasteiger partial charge on any atom is 0.292 e. The van der Waals surface area contributed by atoms with Crippen molar-refractivity contribution in [2.45, 2.75) is 6.92 Å². The van der Waals surface area contributed by atoms with E-state index in [0.717, 1.165) is 0 Å². The van der Waals surface area contributed by atoms with Crippen LogP contribution in [0.15, 0.2) is 33.5 Å². The van der Waals surface area contributed by atoms with Crippen LogP contribution in [0.4, 0.5) is 5.82 Å². The van der Waals surface area contributed by atoms with Gasteiger partial charge in [0, 0.05) is 0 Å². The Balaban J connectivity index is 2.10. The second-order valence-electron chi connectivity index (χ2n) is 3.09. The molecule has 1 amide bonds. The lowest BCUT2D eigenvalue weighted by atomic mass is 10.4. The number of nitrogens with one attached hydrogen (secondary N) is 1. The number of carbonyl (C=O) groups excluding carboxylic acids is 1. The van der Waals surface area contributed by atoms with Gasteiger partial charge in [0.15, 0.2) is 11.6 Å². The van der Waals surface area contributed by atoms with E-state index in [1.807, 2.05) is 0 Å². The molecule has 0 aromatic carbocycles. The Hall–Kier alpha value is -1.69. The zero-order valence-electron chi connectivity index (χ0n) is 8.40. The summed E-state index contributed by atoms with van der Waals surface area (Å²) in [5.74, 6) is 0.973. The first-order valence-corrected chi connectivity index (χ1v) is 5.30. The smallest absolute Gasteiger partial charge is 0.292 e. The van der Waals surface area contributed by atoms with Crippen LogP contribution in [0.3, 0.4) is 0 Å². The SMILES string of the molecule is Cc1ccc(C(=O)Nc2cnc(Br)cn2)o1. The normalized spacial score (nSPS) is 10.1. The van der Waals surface area contributed by atoms with E-state index in [4.69, 9.17) is 4.42 Å². The van der Waals surface area contributed by atoms with Gasteiger partial charge in [0.05, 0.1) is 12.4 Å². The summed E-state index contributed by atoms with van der Waals surface area (Å²) in [6.07, 6.45) is 2.96. The van der Waals surface area contributed by atoms with E-state index in [2.05, 4.69) is 31.2 Å². The van der Waals surface area contributed by atoms with Crippen LogP contribution < -0.4 is 5.32 Å². The molecule has 82 valence electrons. The first-order chi connectivity index (χ1) is 7.65. The topological polar surface area (TPSA) is 68.0 Å². The maximum atomic E-state index is 11.6. The van der Waals surface area contributed by atoms with Gasteiger partial charge < -0.3 is 9.73 Å². The molecule has 2 rings (SSSR count). The van der Waals surface area contributed by atoms with Crippen molar-refractivity contribution in [1.82, 2.24) is 9.97 Å². The van der Waals surface area contributed by atoms with Crippen LogP contribution in [0.5, 0.6) is 0 Å². The van der Waals surface area contributed by atoms with Crippen LogP contribution >= 0.6 is 15.9 Å². The molecule has 0 fully saturated rings. The monoisotopic (exact) mass is 281 g/mol. The third kappa shape index (κ3) is 2.46. The molecule has 0 bridgehead atoms. The Morgan fingerprint density at radius 2 is 2.19 bits per heavy atom. The highest BCUT2D eigenvalue weighted by atomic mass is 79.9. The number of hydrogen-bond donors (Lipinski definition) is 1. The van der Waals surface area contributed by atoms with E-state index >= 15 is 0 Å². The molecule has 0 spiro atoms. The minimum Gasteiger partial charge on any atom is -0.456 e. The first kappa shape index (κ1) is 10.8. The lowest BCUT2D eigenvalue weighted by Crippen LogP contribution is -2.12. The van der Waals surface area contributed by atoms with E-state index in [9.17, 15) is 4.79 Å². The first-order valence-electron chi connectivity index (χ1n) is 4.50. The van der Waals surface area contributed by atoms with Gasteiger partial charge in [-0.3, -0.25) is 4.79 Å². The number of anilines is 1. The average molecular weight is 282 g/mol. The molecule has 0 radical (unpaired) electrons. The van der Waals surface area contributed by atoms with E-state index in [0.29, 0.717) is 16.2 Å². The summed E-state index contributed by atoms with van der Waals surface area (Å²) in [4.78, 5) is 19.5. The molecule has 0 aliphatic carbocycles.